The summed E-state index contributed by atoms with van der Waals surface area (Å²) in [6.45, 7) is 0. The van der Waals surface area contributed by atoms with Gasteiger partial charge < -0.3 is 4.74 Å². The largest absolute Gasteiger partial charge is 0.496 e. The molecule has 0 unspecified atom stereocenters. The van der Waals surface area contributed by atoms with Crippen LogP contribution in [0.1, 0.15) is 11.6 Å². The van der Waals surface area contributed by atoms with E-state index in [1.807, 2.05) is 48.5 Å². The summed E-state index contributed by atoms with van der Waals surface area (Å²) in [7, 11) is 1.59. The van der Waals surface area contributed by atoms with Gasteiger partial charge in [0.25, 0.3) is 5.91 Å². The smallest absolute Gasteiger partial charge is 0.266 e. The SMILES string of the molecule is COc1ccc([C@@H]2[C@@H]3C(=O)N(c4ccccc4Cl)C(=O)[C@@H]3ON2c2ccccc2)cc1Br. The number of nitrogens with zero attached hydrogens (tertiary/aromatic N) is 2. The second kappa shape index (κ2) is 8.24. The Morgan fingerprint density at radius 2 is 1.69 bits per heavy atom. The van der Waals surface area contributed by atoms with E-state index >= 15 is 0 Å². The lowest BCUT2D eigenvalue weighted by Crippen LogP contribution is -2.37. The van der Waals surface area contributed by atoms with Crippen molar-refractivity contribution in [2.24, 2.45) is 5.92 Å². The Morgan fingerprint density at radius 1 is 0.969 bits per heavy atom. The molecule has 3 aromatic rings. The summed E-state index contributed by atoms with van der Waals surface area (Å²) in [5.41, 5.74) is 1.93. The van der Waals surface area contributed by atoms with Crippen LogP contribution in [0.15, 0.2) is 77.3 Å². The van der Waals surface area contributed by atoms with E-state index in [1.165, 1.54) is 0 Å². The van der Waals surface area contributed by atoms with E-state index in [0.29, 0.717) is 16.5 Å². The summed E-state index contributed by atoms with van der Waals surface area (Å²) in [6.07, 6.45) is -0.954. The summed E-state index contributed by atoms with van der Waals surface area (Å²) in [5.74, 6) is -0.839. The number of para-hydroxylation sites is 2. The van der Waals surface area contributed by atoms with Gasteiger partial charge in [-0.2, -0.15) is 0 Å². The highest BCUT2D eigenvalue weighted by Gasteiger charge is 2.60. The Hall–Kier alpha value is -2.87. The van der Waals surface area contributed by atoms with E-state index in [0.717, 1.165) is 20.6 Å². The molecule has 2 aliphatic heterocycles. The van der Waals surface area contributed by atoms with Gasteiger partial charge in [-0.25, -0.2) is 9.96 Å². The number of ether oxygens (including phenoxy) is 1. The third-order valence-electron chi connectivity index (χ3n) is 5.74. The molecule has 2 heterocycles. The second-order valence-corrected chi connectivity index (χ2v) is 8.78. The lowest BCUT2D eigenvalue weighted by molar-refractivity contribution is -0.126. The molecule has 0 aromatic heterocycles. The van der Waals surface area contributed by atoms with Crippen molar-refractivity contribution in [3.63, 3.8) is 0 Å². The number of methoxy groups -OCH3 is 1. The molecular formula is C24H18BrClN2O4. The van der Waals surface area contributed by atoms with Crippen LogP contribution in [0.25, 0.3) is 0 Å². The van der Waals surface area contributed by atoms with Crippen molar-refractivity contribution in [3.05, 3.63) is 87.9 Å². The maximum atomic E-state index is 13.6. The zero-order valence-corrected chi connectivity index (χ0v) is 19.3. The maximum absolute atomic E-state index is 13.6. The highest BCUT2D eigenvalue weighted by atomic mass is 79.9. The van der Waals surface area contributed by atoms with Crippen LogP contribution in [-0.4, -0.2) is 25.0 Å². The first-order chi connectivity index (χ1) is 15.5. The Bertz CT molecular complexity index is 1210. The van der Waals surface area contributed by atoms with Gasteiger partial charge in [-0.15, -0.1) is 0 Å². The van der Waals surface area contributed by atoms with Crippen LogP contribution in [0.2, 0.25) is 5.02 Å². The van der Waals surface area contributed by atoms with E-state index in [1.54, 1.807) is 36.4 Å². The number of hydroxylamine groups is 1. The number of anilines is 2. The van der Waals surface area contributed by atoms with Gasteiger partial charge in [0.15, 0.2) is 6.10 Å². The van der Waals surface area contributed by atoms with Crippen molar-refractivity contribution in [3.8, 4) is 5.75 Å². The average molecular weight is 514 g/mol. The van der Waals surface area contributed by atoms with Crippen molar-refractivity contribution >= 4 is 50.7 Å². The molecule has 2 fully saturated rings. The predicted molar refractivity (Wildman–Crippen MR) is 125 cm³/mol. The lowest BCUT2D eigenvalue weighted by Gasteiger charge is -2.29. The van der Waals surface area contributed by atoms with Gasteiger partial charge in [0, 0.05) is 0 Å². The molecule has 162 valence electrons. The highest BCUT2D eigenvalue weighted by Crippen LogP contribution is 2.49. The van der Waals surface area contributed by atoms with Gasteiger partial charge in [0.05, 0.1) is 34.0 Å². The first-order valence-electron chi connectivity index (χ1n) is 9.98. The molecule has 32 heavy (non-hydrogen) atoms. The second-order valence-electron chi connectivity index (χ2n) is 7.52. The predicted octanol–water partition coefficient (Wildman–Crippen LogP) is 5.16. The fourth-order valence-electron chi connectivity index (χ4n) is 4.29. The van der Waals surface area contributed by atoms with E-state index < -0.39 is 24.0 Å². The van der Waals surface area contributed by atoms with Crippen molar-refractivity contribution < 1.29 is 19.2 Å². The molecule has 3 aromatic carbocycles. The van der Waals surface area contributed by atoms with Crippen LogP contribution in [0.5, 0.6) is 5.75 Å². The molecule has 0 aliphatic carbocycles. The standard InChI is InChI=1S/C24H18BrClN2O4/c1-31-19-12-11-14(13-16(19)25)21-20-22(32-28(21)15-7-3-2-4-8-15)24(30)27(23(20)29)18-10-6-5-9-17(18)26/h2-13,20-22H,1H3/t20-,21+,22+/m0/s1. The zero-order chi connectivity index (χ0) is 22.4. The third-order valence-corrected chi connectivity index (χ3v) is 6.68. The van der Waals surface area contributed by atoms with Crippen molar-refractivity contribution in [1.82, 2.24) is 0 Å². The van der Waals surface area contributed by atoms with Crippen LogP contribution in [-0.2, 0) is 14.4 Å². The number of imide groups is 1. The summed E-state index contributed by atoms with van der Waals surface area (Å²) in [5, 5.41) is 1.99. The van der Waals surface area contributed by atoms with Crippen LogP contribution in [0.3, 0.4) is 0 Å². The van der Waals surface area contributed by atoms with E-state index in [-0.39, 0.29) is 5.91 Å². The number of benzene rings is 3. The molecule has 3 atom stereocenters. The molecule has 2 amide bonds. The van der Waals surface area contributed by atoms with E-state index in [9.17, 15) is 9.59 Å². The van der Waals surface area contributed by atoms with Crippen LogP contribution < -0.4 is 14.7 Å². The molecular weight excluding hydrogens is 496 g/mol. The van der Waals surface area contributed by atoms with Gasteiger partial charge in [0.1, 0.15) is 11.7 Å². The van der Waals surface area contributed by atoms with Gasteiger partial charge in [-0.1, -0.05) is 48.0 Å². The highest BCUT2D eigenvalue weighted by molar-refractivity contribution is 9.10. The summed E-state index contributed by atoms with van der Waals surface area (Å²) in [6, 6.07) is 21.3. The number of rotatable bonds is 4. The fraction of sp³-hybridized carbons (Fsp3) is 0.167. The number of hydrogen-bond donors (Lipinski definition) is 0. The maximum Gasteiger partial charge on any atom is 0.266 e. The number of halogens is 2. The molecule has 0 N–H and O–H groups in total. The van der Waals surface area contributed by atoms with E-state index in [4.69, 9.17) is 21.2 Å². The van der Waals surface area contributed by atoms with Gasteiger partial charge in [-0.3, -0.25) is 14.4 Å². The molecule has 0 radical (unpaired) electrons. The number of fused-ring (bicyclic) bond motifs is 1. The molecule has 0 bridgehead atoms. The lowest BCUT2D eigenvalue weighted by atomic mass is 9.90. The molecule has 2 saturated heterocycles. The number of carbonyl (C=O) groups is 2. The molecule has 8 heteroatoms. The minimum Gasteiger partial charge on any atom is -0.496 e. The number of hydrogen-bond acceptors (Lipinski definition) is 5. The molecule has 5 rings (SSSR count). The quantitative estimate of drug-likeness (QED) is 0.451. The number of amides is 2. The first-order valence-corrected chi connectivity index (χ1v) is 11.1. The number of carbonyl (C=O) groups excluding carboxylic acids is 2. The first kappa shape index (κ1) is 21.0. The Balaban J connectivity index is 1.61. The normalized spacial score (nSPS) is 22.4. The van der Waals surface area contributed by atoms with Gasteiger partial charge >= 0.3 is 0 Å². The molecule has 0 saturated carbocycles. The monoisotopic (exact) mass is 512 g/mol. The topological polar surface area (TPSA) is 59.1 Å². The van der Waals surface area contributed by atoms with Gasteiger partial charge in [0.2, 0.25) is 5.91 Å². The summed E-state index contributed by atoms with van der Waals surface area (Å²) < 4.78 is 6.10. The molecule has 2 aliphatic rings. The Morgan fingerprint density at radius 3 is 2.38 bits per heavy atom. The van der Waals surface area contributed by atoms with Crippen molar-refractivity contribution in [2.45, 2.75) is 12.1 Å². The van der Waals surface area contributed by atoms with Gasteiger partial charge in [-0.05, 0) is 57.9 Å². The van der Waals surface area contributed by atoms with Crippen molar-refractivity contribution in [1.29, 1.82) is 0 Å². The third kappa shape index (κ3) is 3.28. The van der Waals surface area contributed by atoms with Crippen molar-refractivity contribution in [2.75, 3.05) is 17.1 Å². The van der Waals surface area contributed by atoms with E-state index in [2.05, 4.69) is 15.9 Å². The minimum absolute atomic E-state index is 0.331. The van der Waals surface area contributed by atoms with Crippen LogP contribution in [0, 0.1) is 5.92 Å². The fourth-order valence-corrected chi connectivity index (χ4v) is 5.07. The Kier molecular flexibility index (Phi) is 5.41. The summed E-state index contributed by atoms with van der Waals surface area (Å²) in [4.78, 5) is 34.2. The molecule has 0 spiro atoms. The zero-order valence-electron chi connectivity index (χ0n) is 16.9. The van der Waals surface area contributed by atoms with Crippen LogP contribution in [0.4, 0.5) is 11.4 Å². The minimum atomic E-state index is -0.954. The summed E-state index contributed by atoms with van der Waals surface area (Å²) >= 11 is 9.83. The average Bonchev–Trinajstić information content (AvgIpc) is 3.31. The molecule has 6 nitrogen and oxygen atoms in total. The Labute approximate surface area is 198 Å². The van der Waals surface area contributed by atoms with Crippen LogP contribution >= 0.6 is 27.5 Å².